The summed E-state index contributed by atoms with van der Waals surface area (Å²) in [6.07, 6.45) is 4.54. The molecule has 0 spiro atoms. The van der Waals surface area contributed by atoms with Gasteiger partial charge in [-0.3, -0.25) is 19.4 Å². The monoisotopic (exact) mass is 489 g/mol. The molecule has 168 valence electrons. The quantitative estimate of drug-likeness (QED) is 0.430. The van der Waals surface area contributed by atoms with Gasteiger partial charge in [0.2, 0.25) is 11.8 Å². The summed E-state index contributed by atoms with van der Waals surface area (Å²) in [5.74, 6) is -1.36. The lowest BCUT2D eigenvalue weighted by atomic mass is 10.0. The molecule has 0 aromatic heterocycles. The highest BCUT2D eigenvalue weighted by Gasteiger charge is 2.45. The van der Waals surface area contributed by atoms with Crippen molar-refractivity contribution in [2.75, 3.05) is 24.5 Å². The second-order valence-electron chi connectivity index (χ2n) is 8.22. The van der Waals surface area contributed by atoms with Gasteiger partial charge in [-0.15, -0.1) is 0 Å². The van der Waals surface area contributed by atoms with Crippen LogP contribution in [0.15, 0.2) is 48.5 Å². The largest absolute Gasteiger partial charge is 0.302 e. The third kappa shape index (κ3) is 4.99. The molecular weight excluding hydrogens is 465 g/mol. The van der Waals surface area contributed by atoms with Crippen LogP contribution < -0.4 is 4.90 Å². The van der Waals surface area contributed by atoms with Crippen LogP contribution in [-0.2, 0) is 16.1 Å². The molecule has 2 aliphatic rings. The van der Waals surface area contributed by atoms with E-state index in [1.807, 2.05) is 30.3 Å². The van der Waals surface area contributed by atoms with Gasteiger partial charge in [0.25, 0.3) is 0 Å². The fourth-order valence-corrected chi connectivity index (χ4v) is 5.09. The molecule has 0 aliphatic carbocycles. The third-order valence-corrected chi connectivity index (χ3v) is 6.99. The van der Waals surface area contributed by atoms with Crippen molar-refractivity contribution >= 4 is 58.0 Å². The highest BCUT2D eigenvalue weighted by Crippen LogP contribution is 2.29. The maximum atomic E-state index is 13.6. The Kier molecular flexibility index (Phi) is 7.46. The van der Waals surface area contributed by atoms with Gasteiger partial charge in [0.05, 0.1) is 12.2 Å². The minimum absolute atomic E-state index is 0.171. The Morgan fingerprint density at radius 3 is 2.25 bits per heavy atom. The molecule has 5 nitrogen and oxygen atoms in total. The first kappa shape index (κ1) is 23.2. The molecule has 0 saturated carbocycles. The number of amides is 2. The molecule has 0 N–H and O–H groups in total. The minimum Gasteiger partial charge on any atom is -0.302 e. The summed E-state index contributed by atoms with van der Waals surface area (Å²) < 4.78 is 0. The van der Waals surface area contributed by atoms with E-state index in [4.69, 9.17) is 35.4 Å². The first-order valence-electron chi connectivity index (χ1n) is 10.9. The summed E-state index contributed by atoms with van der Waals surface area (Å²) in [6.45, 7) is 2.38. The van der Waals surface area contributed by atoms with Gasteiger partial charge < -0.3 is 4.90 Å². The maximum absolute atomic E-state index is 13.6. The van der Waals surface area contributed by atoms with Crippen molar-refractivity contribution in [3.05, 3.63) is 64.1 Å². The Hall–Kier alpha value is -1.99. The van der Waals surface area contributed by atoms with E-state index < -0.39 is 5.92 Å². The number of nitrogens with zero attached hydrogens (tertiary/aromatic N) is 3. The number of halogens is 2. The molecule has 2 fully saturated rings. The normalized spacial score (nSPS) is 20.6. The van der Waals surface area contributed by atoms with Crippen LogP contribution in [0.1, 0.15) is 31.2 Å². The number of anilines is 1. The summed E-state index contributed by atoms with van der Waals surface area (Å²) in [5, 5.41) is 1.15. The summed E-state index contributed by atoms with van der Waals surface area (Å²) >= 11 is 18.1. The molecule has 2 heterocycles. The Balaban J connectivity index is 1.67. The molecule has 2 amide bonds. The predicted octanol–water partition coefficient (Wildman–Crippen LogP) is 5.15. The Labute approximate surface area is 203 Å². The highest BCUT2D eigenvalue weighted by molar-refractivity contribution is 7.80. The van der Waals surface area contributed by atoms with Crippen molar-refractivity contribution in [3.8, 4) is 0 Å². The number of benzene rings is 2. The summed E-state index contributed by atoms with van der Waals surface area (Å²) in [5.41, 5.74) is 1.38. The van der Waals surface area contributed by atoms with E-state index in [1.165, 1.54) is 22.6 Å². The van der Waals surface area contributed by atoms with Gasteiger partial charge in [-0.05, 0) is 68.0 Å². The maximum Gasteiger partial charge on any atom is 0.247 e. The van der Waals surface area contributed by atoms with E-state index in [-0.39, 0.29) is 23.5 Å². The molecule has 8 heteroatoms. The summed E-state index contributed by atoms with van der Waals surface area (Å²) in [4.78, 5) is 32.3. The number of hydrogen-bond acceptors (Lipinski definition) is 4. The zero-order chi connectivity index (χ0) is 22.7. The third-order valence-electron chi connectivity index (χ3n) is 6.00. The molecule has 1 atom stereocenters. The fraction of sp³-hybridized carbons (Fsp3) is 0.375. The van der Waals surface area contributed by atoms with E-state index >= 15 is 0 Å². The lowest BCUT2D eigenvalue weighted by Gasteiger charge is -2.40. The molecule has 0 bridgehead atoms. The number of carbonyl (C=O) groups is 2. The lowest BCUT2D eigenvalue weighted by Crippen LogP contribution is -2.61. The molecule has 2 aromatic carbocycles. The number of para-hydroxylation sites is 1. The topological polar surface area (TPSA) is 43.9 Å². The lowest BCUT2D eigenvalue weighted by molar-refractivity contribution is -0.141. The SMILES string of the molecule is O=C1C(CN2CCCCCC2)C(=O)N(c2ccccc2)C(=S)N1Cc1ccc(Cl)cc1Cl. The van der Waals surface area contributed by atoms with E-state index in [0.717, 1.165) is 31.5 Å². The van der Waals surface area contributed by atoms with Gasteiger partial charge >= 0.3 is 0 Å². The Bertz CT molecular complexity index is 1010. The van der Waals surface area contributed by atoms with E-state index in [1.54, 1.807) is 18.2 Å². The average Bonchev–Trinajstić information content (AvgIpc) is 3.05. The Morgan fingerprint density at radius 2 is 1.59 bits per heavy atom. The second kappa shape index (κ2) is 10.3. The minimum atomic E-state index is -0.814. The van der Waals surface area contributed by atoms with Crippen molar-refractivity contribution in [2.45, 2.75) is 32.2 Å². The Morgan fingerprint density at radius 1 is 0.906 bits per heavy atom. The van der Waals surface area contributed by atoms with Crippen molar-refractivity contribution in [2.24, 2.45) is 5.92 Å². The van der Waals surface area contributed by atoms with Crippen LogP contribution in [0.5, 0.6) is 0 Å². The van der Waals surface area contributed by atoms with E-state index in [2.05, 4.69) is 4.90 Å². The van der Waals surface area contributed by atoms with Crippen molar-refractivity contribution < 1.29 is 9.59 Å². The zero-order valence-corrected chi connectivity index (χ0v) is 20.0. The average molecular weight is 490 g/mol. The molecule has 2 saturated heterocycles. The first-order valence-corrected chi connectivity index (χ1v) is 12.0. The van der Waals surface area contributed by atoms with Gasteiger partial charge in [-0.25, -0.2) is 0 Å². The van der Waals surface area contributed by atoms with Crippen molar-refractivity contribution in [3.63, 3.8) is 0 Å². The van der Waals surface area contributed by atoms with Crippen molar-refractivity contribution in [1.29, 1.82) is 0 Å². The fourth-order valence-electron chi connectivity index (χ4n) is 4.27. The second-order valence-corrected chi connectivity index (χ2v) is 9.43. The number of hydrogen-bond donors (Lipinski definition) is 0. The van der Waals surface area contributed by atoms with Crippen LogP contribution in [-0.4, -0.2) is 46.4 Å². The number of likely N-dealkylation sites (tertiary alicyclic amines) is 1. The molecule has 2 aromatic rings. The molecular formula is C24H25Cl2N3O2S. The van der Waals surface area contributed by atoms with Gasteiger partial charge in [0, 0.05) is 16.6 Å². The number of carbonyl (C=O) groups excluding carboxylic acids is 2. The van der Waals surface area contributed by atoms with E-state index in [0.29, 0.717) is 22.3 Å². The summed E-state index contributed by atoms with van der Waals surface area (Å²) in [6, 6.07) is 14.4. The van der Waals surface area contributed by atoms with Crippen LogP contribution in [0.4, 0.5) is 5.69 Å². The van der Waals surface area contributed by atoms with Gasteiger partial charge in [-0.1, -0.05) is 60.3 Å². The van der Waals surface area contributed by atoms with Crippen LogP contribution in [0.25, 0.3) is 0 Å². The highest BCUT2D eigenvalue weighted by atomic mass is 35.5. The van der Waals surface area contributed by atoms with Crippen LogP contribution in [0, 0.1) is 5.92 Å². The molecule has 0 radical (unpaired) electrons. The van der Waals surface area contributed by atoms with Gasteiger partial charge in [0.1, 0.15) is 5.92 Å². The summed E-state index contributed by atoms with van der Waals surface area (Å²) in [7, 11) is 0. The predicted molar refractivity (Wildman–Crippen MR) is 132 cm³/mol. The van der Waals surface area contributed by atoms with Crippen LogP contribution in [0.3, 0.4) is 0 Å². The van der Waals surface area contributed by atoms with Gasteiger partial charge in [-0.2, -0.15) is 0 Å². The smallest absolute Gasteiger partial charge is 0.247 e. The zero-order valence-electron chi connectivity index (χ0n) is 17.7. The number of thiocarbonyl (C=S) groups is 1. The molecule has 32 heavy (non-hydrogen) atoms. The molecule has 4 rings (SSSR count). The molecule has 2 aliphatic heterocycles. The van der Waals surface area contributed by atoms with Crippen LogP contribution in [0.2, 0.25) is 10.0 Å². The van der Waals surface area contributed by atoms with E-state index in [9.17, 15) is 9.59 Å². The first-order chi connectivity index (χ1) is 15.5. The van der Waals surface area contributed by atoms with Crippen LogP contribution >= 0.6 is 35.4 Å². The molecule has 1 unspecified atom stereocenters. The van der Waals surface area contributed by atoms with Crippen molar-refractivity contribution in [1.82, 2.24) is 9.80 Å². The van der Waals surface area contributed by atoms with Gasteiger partial charge in [0.15, 0.2) is 5.11 Å². The standard InChI is InChI=1S/C24H25Cl2N3O2S/c25-18-11-10-17(21(26)14-18)15-28-22(30)20(16-27-12-6-1-2-7-13-27)23(31)29(24(28)32)19-8-4-3-5-9-19/h3-5,8-11,14,20H,1-2,6-7,12-13,15-16H2. The number of rotatable bonds is 5.